The first kappa shape index (κ1) is 31.9. The average Bonchev–Trinajstić information content (AvgIpc) is 3.02. The van der Waals surface area contributed by atoms with Crippen LogP contribution in [0.25, 0.3) is 33.4 Å². The fourth-order valence-electron chi connectivity index (χ4n) is 4.97. The van der Waals surface area contributed by atoms with Crippen LogP contribution in [0, 0.1) is 27.2 Å². The lowest BCUT2D eigenvalue weighted by molar-refractivity contribution is -0.394. The van der Waals surface area contributed by atoms with E-state index in [-0.39, 0.29) is 42.1 Å². The number of fused-ring (bicyclic) bond motifs is 2. The molecular weight excluding hydrogens is 612 g/mol. The fourth-order valence-corrected chi connectivity index (χ4v) is 4.97. The van der Waals surface area contributed by atoms with Crippen LogP contribution in [0.3, 0.4) is 0 Å². The molecule has 3 aromatic rings. The molecule has 2 aliphatic rings. The maximum atomic E-state index is 12.5. The molecule has 1 aliphatic heterocycles. The highest BCUT2D eigenvalue weighted by atomic mass is 16.6. The summed E-state index contributed by atoms with van der Waals surface area (Å²) in [4.78, 5) is 45.0. The van der Waals surface area contributed by atoms with Gasteiger partial charge in [0.25, 0.3) is 17.3 Å². The largest absolute Gasteiger partial charge is 0.508 e. The quantitative estimate of drug-likeness (QED) is 0.0689. The number of rotatable bonds is 11. The van der Waals surface area contributed by atoms with Crippen LogP contribution in [0.5, 0.6) is 11.5 Å². The number of phenolic OH excluding ortho intramolecular Hbond substituents is 1. The molecule has 5 rings (SSSR count). The highest BCUT2D eigenvalue weighted by molar-refractivity contribution is 6.02. The predicted molar refractivity (Wildman–Crippen MR) is 172 cm³/mol. The Balaban J connectivity index is 1.22. The number of carbonyl (C=O) groups is 1. The van der Waals surface area contributed by atoms with Crippen LogP contribution in [-0.2, 0) is 0 Å². The van der Waals surface area contributed by atoms with Crippen molar-refractivity contribution in [3.63, 3.8) is 0 Å². The van der Waals surface area contributed by atoms with Crippen molar-refractivity contribution in [3.05, 3.63) is 126 Å². The van der Waals surface area contributed by atoms with E-state index in [4.69, 9.17) is 20.7 Å². The molecule has 0 saturated carbocycles. The average molecular weight is 641 g/mol. The lowest BCUT2D eigenvalue weighted by atomic mass is 9.91. The monoisotopic (exact) mass is 640 g/mol. The van der Waals surface area contributed by atoms with Gasteiger partial charge in [-0.3, -0.25) is 29.8 Å². The third-order valence-electron chi connectivity index (χ3n) is 7.13. The molecule has 1 heterocycles. The lowest BCUT2D eigenvalue weighted by Gasteiger charge is -2.18. The number of aromatic hydroxyl groups is 1. The van der Waals surface area contributed by atoms with Gasteiger partial charge < -0.3 is 30.3 Å². The van der Waals surface area contributed by atoms with Crippen molar-refractivity contribution in [1.82, 2.24) is 10.3 Å². The summed E-state index contributed by atoms with van der Waals surface area (Å²) in [6.07, 6.45) is 1.37. The van der Waals surface area contributed by atoms with Gasteiger partial charge in [-0.1, -0.05) is 6.07 Å². The molecule has 240 valence electrons. The van der Waals surface area contributed by atoms with E-state index in [1.54, 1.807) is 24.3 Å². The molecule has 0 fully saturated rings. The number of carbonyl (C=O) groups excluding carboxylic acids is 1. The Hall–Kier alpha value is -6.48. The Labute approximate surface area is 265 Å². The molecular formula is C32H28N6O9. The molecule has 0 aromatic heterocycles. The van der Waals surface area contributed by atoms with Gasteiger partial charge in [0.15, 0.2) is 5.43 Å². The van der Waals surface area contributed by atoms with E-state index in [1.165, 1.54) is 29.4 Å². The van der Waals surface area contributed by atoms with Gasteiger partial charge in [-0.2, -0.15) is 0 Å². The SMILES string of the molecule is Cc1cc(OCCN(N)/C=C(\N)CNC(=O)c2cc([N+](=O)[O-])cc([N+](=O)[O-])c2)ccc1-c1c2ccc(=O)cc-2oc2cc(O)ccc12. The van der Waals surface area contributed by atoms with E-state index < -0.39 is 27.1 Å². The summed E-state index contributed by atoms with van der Waals surface area (Å²) in [5.41, 5.74) is 8.23. The van der Waals surface area contributed by atoms with Crippen molar-refractivity contribution in [3.8, 4) is 33.9 Å². The second-order valence-electron chi connectivity index (χ2n) is 10.5. The van der Waals surface area contributed by atoms with Gasteiger partial charge in [0.2, 0.25) is 0 Å². The molecule has 1 aliphatic carbocycles. The molecule has 0 atom stereocenters. The van der Waals surface area contributed by atoms with Crippen molar-refractivity contribution in [1.29, 1.82) is 0 Å². The summed E-state index contributed by atoms with van der Waals surface area (Å²) < 4.78 is 11.8. The van der Waals surface area contributed by atoms with Crippen molar-refractivity contribution >= 4 is 28.3 Å². The highest BCUT2D eigenvalue weighted by Crippen LogP contribution is 2.42. The van der Waals surface area contributed by atoms with Crippen molar-refractivity contribution in [2.45, 2.75) is 6.92 Å². The highest BCUT2D eigenvalue weighted by Gasteiger charge is 2.21. The number of hydrazine groups is 1. The van der Waals surface area contributed by atoms with Crippen LogP contribution in [0.4, 0.5) is 11.4 Å². The summed E-state index contributed by atoms with van der Waals surface area (Å²) in [6, 6.07) is 17.6. The molecule has 0 saturated heterocycles. The number of nitrogens with zero attached hydrogens (tertiary/aromatic N) is 3. The van der Waals surface area contributed by atoms with E-state index in [1.807, 2.05) is 19.1 Å². The summed E-state index contributed by atoms with van der Waals surface area (Å²) in [7, 11) is 0. The zero-order valence-corrected chi connectivity index (χ0v) is 24.8. The second kappa shape index (κ2) is 13.3. The molecule has 15 nitrogen and oxygen atoms in total. The third kappa shape index (κ3) is 7.26. The van der Waals surface area contributed by atoms with E-state index in [2.05, 4.69) is 5.32 Å². The van der Waals surface area contributed by atoms with Crippen LogP contribution in [-0.4, -0.2) is 45.6 Å². The molecule has 0 spiro atoms. The smallest absolute Gasteiger partial charge is 0.277 e. The number of hydrogen-bond acceptors (Lipinski definition) is 12. The van der Waals surface area contributed by atoms with Gasteiger partial charge in [0.1, 0.15) is 29.4 Å². The molecule has 0 bridgehead atoms. The number of aryl methyl sites for hydroxylation is 1. The Morgan fingerprint density at radius 2 is 1.70 bits per heavy atom. The maximum Gasteiger partial charge on any atom is 0.277 e. The number of amides is 1. The van der Waals surface area contributed by atoms with Crippen LogP contribution < -0.4 is 27.1 Å². The Morgan fingerprint density at radius 3 is 2.38 bits per heavy atom. The standard InChI is InChI=1S/C32H28N6O9/c1-18-10-25(4-7-26(18)31-27-5-2-23(39)14-29(27)47-30-15-24(40)3-6-28(30)31)46-9-8-36(34)17-20(33)16-35-32(41)19-11-21(37(42)43)13-22(12-19)38(44)45/h2-7,10-15,17,39H,8-9,16,33-34H2,1H3,(H,35,41)/b20-17-. The van der Waals surface area contributed by atoms with E-state index >= 15 is 0 Å². The Bertz CT molecular complexity index is 2060. The number of phenols is 1. The van der Waals surface area contributed by atoms with Crippen molar-refractivity contribution < 1.29 is 28.9 Å². The topological polar surface area (TPSA) is 230 Å². The Morgan fingerprint density at radius 1 is 1.00 bits per heavy atom. The van der Waals surface area contributed by atoms with E-state index in [9.17, 15) is 34.9 Å². The number of nitro groups is 2. The summed E-state index contributed by atoms with van der Waals surface area (Å²) >= 11 is 0. The van der Waals surface area contributed by atoms with E-state index in [0.717, 1.165) is 45.8 Å². The number of nitrogens with one attached hydrogen (secondary N) is 1. The number of benzene rings is 4. The van der Waals surface area contributed by atoms with Crippen LogP contribution in [0.15, 0.2) is 93.9 Å². The minimum absolute atomic E-state index is 0.0365. The van der Waals surface area contributed by atoms with Crippen molar-refractivity contribution in [2.75, 3.05) is 19.7 Å². The predicted octanol–water partition coefficient (Wildman–Crippen LogP) is 4.18. The molecule has 1 amide bonds. The van der Waals surface area contributed by atoms with Crippen LogP contribution >= 0.6 is 0 Å². The zero-order chi connectivity index (χ0) is 33.8. The van der Waals surface area contributed by atoms with Gasteiger partial charge in [0.05, 0.1) is 34.6 Å². The number of ether oxygens (including phenoxy) is 1. The van der Waals surface area contributed by atoms with Gasteiger partial charge in [0, 0.05) is 52.7 Å². The molecule has 0 unspecified atom stereocenters. The fraction of sp³-hybridized carbons (Fsp3) is 0.125. The van der Waals surface area contributed by atoms with Gasteiger partial charge in [-0.25, -0.2) is 5.84 Å². The number of non-ortho nitro benzene ring substituents is 2. The number of hydrogen-bond donors (Lipinski definition) is 4. The molecule has 6 N–H and O–H groups in total. The van der Waals surface area contributed by atoms with Gasteiger partial charge in [-0.15, -0.1) is 0 Å². The lowest BCUT2D eigenvalue weighted by Crippen LogP contribution is -2.33. The minimum Gasteiger partial charge on any atom is -0.508 e. The third-order valence-corrected chi connectivity index (χ3v) is 7.13. The normalized spacial score (nSPS) is 11.4. The molecule has 3 aromatic carbocycles. The van der Waals surface area contributed by atoms with E-state index in [0.29, 0.717) is 17.1 Å². The number of nitro benzene ring substituents is 2. The molecule has 15 heteroatoms. The summed E-state index contributed by atoms with van der Waals surface area (Å²) in [5, 5.41) is 36.6. The van der Waals surface area contributed by atoms with Gasteiger partial charge in [-0.05, 0) is 54.4 Å². The Kier molecular flexibility index (Phi) is 9.00. The van der Waals surface area contributed by atoms with Crippen LogP contribution in [0.2, 0.25) is 0 Å². The van der Waals surface area contributed by atoms with Gasteiger partial charge >= 0.3 is 0 Å². The molecule has 47 heavy (non-hydrogen) atoms. The van der Waals surface area contributed by atoms with Crippen molar-refractivity contribution in [2.24, 2.45) is 11.6 Å². The molecule has 0 radical (unpaired) electrons. The first-order valence-electron chi connectivity index (χ1n) is 14.0. The minimum atomic E-state index is -0.830. The maximum absolute atomic E-state index is 12.5. The summed E-state index contributed by atoms with van der Waals surface area (Å²) in [5.74, 6) is 6.22. The van der Waals surface area contributed by atoms with Crippen LogP contribution in [0.1, 0.15) is 15.9 Å². The number of nitrogens with two attached hydrogens (primary N) is 2. The summed E-state index contributed by atoms with van der Waals surface area (Å²) in [6.45, 7) is 2.12. The second-order valence-corrected chi connectivity index (χ2v) is 10.5. The first-order chi connectivity index (χ1) is 22.4. The zero-order valence-electron chi connectivity index (χ0n) is 24.8. The first-order valence-corrected chi connectivity index (χ1v) is 14.0.